The van der Waals surface area contributed by atoms with Crippen LogP contribution in [0.1, 0.15) is 12.6 Å². The van der Waals surface area contributed by atoms with E-state index in [-0.39, 0.29) is 12.5 Å². The van der Waals surface area contributed by atoms with E-state index in [4.69, 9.17) is 16.0 Å². The molecule has 0 spiro atoms. The van der Waals surface area contributed by atoms with Gasteiger partial charge >= 0.3 is 5.76 Å². The maximum absolute atomic E-state index is 12.0. The highest BCUT2D eigenvalue weighted by molar-refractivity contribution is 7.14. The number of amides is 1. The third-order valence-corrected chi connectivity index (χ3v) is 4.45. The molecule has 6 nitrogen and oxygen atoms in total. The van der Waals surface area contributed by atoms with E-state index in [1.54, 1.807) is 25.2 Å². The first-order chi connectivity index (χ1) is 10.5. The Morgan fingerprint density at radius 2 is 2.27 bits per heavy atom. The molecule has 0 aliphatic rings. The zero-order chi connectivity index (χ0) is 15.9. The van der Waals surface area contributed by atoms with Crippen molar-refractivity contribution in [1.82, 2.24) is 9.55 Å². The number of hydrogen-bond acceptors (Lipinski definition) is 5. The number of hydrogen-bond donors (Lipinski definition) is 0. The smallest absolute Gasteiger partial charge is 0.408 e. The number of nitrogens with zero attached hydrogens (tertiary/aromatic N) is 3. The molecule has 22 heavy (non-hydrogen) atoms. The highest BCUT2D eigenvalue weighted by Gasteiger charge is 2.14. The number of halogens is 1. The van der Waals surface area contributed by atoms with Gasteiger partial charge in [-0.3, -0.25) is 14.3 Å². The predicted molar refractivity (Wildman–Crippen MR) is 85.8 cm³/mol. The Morgan fingerprint density at radius 1 is 1.50 bits per heavy atom. The molecular weight excluding hydrogens is 326 g/mol. The van der Waals surface area contributed by atoms with Crippen molar-refractivity contribution in [2.24, 2.45) is 0 Å². The molecule has 0 aliphatic carbocycles. The van der Waals surface area contributed by atoms with Crippen LogP contribution in [0, 0.1) is 0 Å². The van der Waals surface area contributed by atoms with Crippen molar-refractivity contribution < 1.29 is 9.21 Å². The zero-order valence-corrected chi connectivity index (χ0v) is 13.4. The molecule has 114 valence electrons. The summed E-state index contributed by atoms with van der Waals surface area (Å²) in [6, 6.07) is 5.04. The number of carbonyl (C=O) groups excluding carboxylic acids is 1. The van der Waals surface area contributed by atoms with Gasteiger partial charge in [0.1, 0.15) is 0 Å². The molecule has 1 amide bonds. The number of benzene rings is 1. The standard InChI is InChI=1S/C14H12ClN3O3S/c1-8(19)17(2)13-16-10(7-22-13)6-18-11-4-3-9(15)5-12(11)21-14(18)20/h3-5,7H,6H2,1-2H3. The SMILES string of the molecule is CC(=O)N(C)c1nc(Cn2c(=O)oc3cc(Cl)ccc32)cs1. The van der Waals surface area contributed by atoms with E-state index in [9.17, 15) is 9.59 Å². The fraction of sp³-hybridized carbons (Fsp3) is 0.214. The molecule has 2 aromatic heterocycles. The number of fused-ring (bicyclic) bond motifs is 1. The largest absolute Gasteiger partial charge is 0.420 e. The second kappa shape index (κ2) is 5.58. The molecule has 0 bridgehead atoms. The first-order valence-electron chi connectivity index (χ1n) is 6.43. The first kappa shape index (κ1) is 14.8. The monoisotopic (exact) mass is 337 g/mol. The van der Waals surface area contributed by atoms with Crippen molar-refractivity contribution >= 4 is 45.1 Å². The Kier molecular flexibility index (Phi) is 3.76. The Morgan fingerprint density at radius 3 is 3.00 bits per heavy atom. The van der Waals surface area contributed by atoms with Crippen LogP contribution in [-0.4, -0.2) is 22.5 Å². The lowest BCUT2D eigenvalue weighted by Gasteiger charge is -2.09. The zero-order valence-electron chi connectivity index (χ0n) is 11.9. The number of anilines is 1. The van der Waals surface area contributed by atoms with Gasteiger partial charge in [0.25, 0.3) is 0 Å². The van der Waals surface area contributed by atoms with E-state index >= 15 is 0 Å². The van der Waals surface area contributed by atoms with Crippen LogP contribution < -0.4 is 10.7 Å². The van der Waals surface area contributed by atoms with E-state index in [0.717, 1.165) is 0 Å². The molecule has 0 saturated carbocycles. The molecule has 8 heteroatoms. The van der Waals surface area contributed by atoms with Gasteiger partial charge in [0.15, 0.2) is 10.7 Å². The summed E-state index contributed by atoms with van der Waals surface area (Å²) in [4.78, 5) is 29.1. The molecule has 0 aliphatic heterocycles. The fourth-order valence-electron chi connectivity index (χ4n) is 2.01. The summed E-state index contributed by atoms with van der Waals surface area (Å²) < 4.78 is 6.66. The van der Waals surface area contributed by atoms with Crippen molar-refractivity contribution in [2.75, 3.05) is 11.9 Å². The molecule has 1 aromatic carbocycles. The van der Waals surface area contributed by atoms with E-state index in [1.165, 1.54) is 27.7 Å². The van der Waals surface area contributed by atoms with E-state index in [2.05, 4.69) is 4.98 Å². The van der Waals surface area contributed by atoms with Gasteiger partial charge < -0.3 is 4.42 Å². The van der Waals surface area contributed by atoms with Crippen LogP contribution in [0.15, 0.2) is 32.8 Å². The molecule has 2 heterocycles. The maximum Gasteiger partial charge on any atom is 0.420 e. The molecule has 0 unspecified atom stereocenters. The Balaban J connectivity index is 1.95. The molecule has 0 N–H and O–H groups in total. The van der Waals surface area contributed by atoms with E-state index in [0.29, 0.717) is 26.9 Å². The van der Waals surface area contributed by atoms with Crippen LogP contribution in [0.5, 0.6) is 0 Å². The Hall–Kier alpha value is -2.12. The van der Waals surface area contributed by atoms with Crippen molar-refractivity contribution in [1.29, 1.82) is 0 Å². The van der Waals surface area contributed by atoms with Crippen LogP contribution in [-0.2, 0) is 11.3 Å². The maximum atomic E-state index is 12.0. The van der Waals surface area contributed by atoms with Gasteiger partial charge in [-0.2, -0.15) is 0 Å². The minimum absolute atomic E-state index is 0.0959. The summed E-state index contributed by atoms with van der Waals surface area (Å²) in [6.07, 6.45) is 0. The quantitative estimate of drug-likeness (QED) is 0.737. The Bertz CT molecular complexity index is 912. The van der Waals surface area contributed by atoms with E-state index < -0.39 is 5.76 Å². The summed E-state index contributed by atoms with van der Waals surface area (Å²) in [7, 11) is 1.66. The number of thiazole rings is 1. The summed E-state index contributed by atoms with van der Waals surface area (Å²) in [5, 5.41) is 2.91. The number of aromatic nitrogens is 2. The van der Waals surface area contributed by atoms with Crippen LogP contribution in [0.25, 0.3) is 11.1 Å². The van der Waals surface area contributed by atoms with Crippen molar-refractivity contribution in [3.63, 3.8) is 0 Å². The average Bonchev–Trinajstić information content (AvgIpc) is 3.03. The van der Waals surface area contributed by atoms with Crippen molar-refractivity contribution in [2.45, 2.75) is 13.5 Å². The molecule has 0 fully saturated rings. The van der Waals surface area contributed by atoms with Gasteiger partial charge in [0, 0.05) is 30.4 Å². The van der Waals surface area contributed by atoms with Gasteiger partial charge in [-0.1, -0.05) is 11.6 Å². The number of oxazole rings is 1. The summed E-state index contributed by atoms with van der Waals surface area (Å²) in [6.45, 7) is 1.74. The van der Waals surface area contributed by atoms with Gasteiger partial charge in [-0.15, -0.1) is 11.3 Å². The molecule has 0 radical (unpaired) electrons. The first-order valence-corrected chi connectivity index (χ1v) is 7.69. The predicted octanol–water partition coefficient (Wildman–Crippen LogP) is 2.74. The second-order valence-corrected chi connectivity index (χ2v) is 6.04. The average molecular weight is 338 g/mol. The number of carbonyl (C=O) groups is 1. The fourth-order valence-corrected chi connectivity index (χ4v) is 3.00. The summed E-state index contributed by atoms with van der Waals surface area (Å²) in [5.74, 6) is -0.562. The van der Waals surface area contributed by atoms with Crippen LogP contribution >= 0.6 is 22.9 Å². The normalized spacial score (nSPS) is 11.0. The molecule has 0 atom stereocenters. The lowest BCUT2D eigenvalue weighted by Crippen LogP contribution is -2.22. The lowest BCUT2D eigenvalue weighted by atomic mass is 10.3. The van der Waals surface area contributed by atoms with Gasteiger partial charge in [-0.25, -0.2) is 9.78 Å². The summed E-state index contributed by atoms with van der Waals surface area (Å²) >= 11 is 7.24. The molecule has 0 saturated heterocycles. The van der Waals surface area contributed by atoms with Gasteiger partial charge in [0.2, 0.25) is 5.91 Å². The van der Waals surface area contributed by atoms with Gasteiger partial charge in [0.05, 0.1) is 17.8 Å². The van der Waals surface area contributed by atoms with Crippen LogP contribution in [0.3, 0.4) is 0 Å². The Labute approximate surface area is 134 Å². The number of rotatable bonds is 3. The third kappa shape index (κ3) is 2.65. The third-order valence-electron chi connectivity index (χ3n) is 3.25. The summed E-state index contributed by atoms with van der Waals surface area (Å²) in [5.41, 5.74) is 1.78. The van der Waals surface area contributed by atoms with Crippen LogP contribution in [0.4, 0.5) is 5.13 Å². The van der Waals surface area contributed by atoms with Crippen molar-refractivity contribution in [3.8, 4) is 0 Å². The molecule has 3 aromatic rings. The van der Waals surface area contributed by atoms with E-state index in [1.807, 2.05) is 5.38 Å². The van der Waals surface area contributed by atoms with Crippen molar-refractivity contribution in [3.05, 3.63) is 44.8 Å². The topological polar surface area (TPSA) is 68.3 Å². The second-order valence-electron chi connectivity index (χ2n) is 4.77. The lowest BCUT2D eigenvalue weighted by molar-refractivity contribution is -0.116. The highest BCUT2D eigenvalue weighted by Crippen LogP contribution is 2.22. The van der Waals surface area contributed by atoms with Crippen LogP contribution in [0.2, 0.25) is 5.02 Å². The highest BCUT2D eigenvalue weighted by atomic mass is 35.5. The molecular formula is C14H12ClN3O3S. The van der Waals surface area contributed by atoms with Gasteiger partial charge in [-0.05, 0) is 12.1 Å². The minimum atomic E-state index is -0.466. The minimum Gasteiger partial charge on any atom is -0.408 e. The molecule has 3 rings (SSSR count).